The highest BCUT2D eigenvalue weighted by atomic mass is 35.5. The van der Waals surface area contributed by atoms with E-state index in [4.69, 9.17) is 16.3 Å². The van der Waals surface area contributed by atoms with E-state index in [0.29, 0.717) is 26.9 Å². The maximum atomic E-state index is 13.4. The van der Waals surface area contributed by atoms with Crippen molar-refractivity contribution in [3.8, 4) is 6.07 Å². The molecule has 1 aliphatic heterocycles. The third-order valence-electron chi connectivity index (χ3n) is 6.24. The Hall–Kier alpha value is -3.99. The zero-order chi connectivity index (χ0) is 27.8. The number of carbonyl (C=O) groups is 2. The minimum absolute atomic E-state index is 0.0532. The van der Waals surface area contributed by atoms with E-state index in [0.717, 1.165) is 23.2 Å². The average Bonchev–Trinajstić information content (AvgIpc) is 2.96. The van der Waals surface area contributed by atoms with Crippen LogP contribution in [0.5, 0.6) is 0 Å². The summed E-state index contributed by atoms with van der Waals surface area (Å²) in [6.45, 7) is 3.94. The summed E-state index contributed by atoms with van der Waals surface area (Å²) >= 11 is 7.82. The zero-order valence-electron chi connectivity index (χ0n) is 21.7. The van der Waals surface area contributed by atoms with Gasteiger partial charge in [0.2, 0.25) is 5.91 Å². The number of anilines is 1. The number of hydrogen-bond donors (Lipinski definition) is 2. The van der Waals surface area contributed by atoms with Gasteiger partial charge in [-0.3, -0.25) is 4.79 Å². The maximum absolute atomic E-state index is 13.4. The molecule has 0 radical (unpaired) electrons. The second-order valence-corrected chi connectivity index (χ2v) is 10.0. The number of carbonyl (C=O) groups excluding carboxylic acids is 2. The number of halogens is 1. The van der Waals surface area contributed by atoms with Crippen molar-refractivity contribution >= 4 is 46.6 Å². The molecule has 198 valence electrons. The third-order valence-corrected chi connectivity index (χ3v) is 7.61. The number of aryl methyl sites for hydroxylation is 1. The fourth-order valence-electron chi connectivity index (χ4n) is 4.45. The van der Waals surface area contributed by atoms with Crippen LogP contribution >= 0.6 is 23.4 Å². The highest BCUT2D eigenvalue weighted by Crippen LogP contribution is 2.45. The Bertz CT molecular complexity index is 1480. The van der Waals surface area contributed by atoms with Crippen molar-refractivity contribution in [2.24, 2.45) is 0 Å². The van der Waals surface area contributed by atoms with Crippen LogP contribution in [0, 0.1) is 11.3 Å². The Morgan fingerprint density at radius 2 is 1.72 bits per heavy atom. The number of para-hydroxylation sites is 1. The normalized spacial score (nSPS) is 14.9. The second-order valence-electron chi connectivity index (χ2n) is 8.66. The third kappa shape index (κ3) is 6.36. The first-order chi connectivity index (χ1) is 19.0. The van der Waals surface area contributed by atoms with Crippen LogP contribution in [0.15, 0.2) is 95.0 Å². The Labute approximate surface area is 237 Å². The summed E-state index contributed by atoms with van der Waals surface area (Å²) in [5.74, 6) is -1.48. The fraction of sp³-hybridized carbons (Fsp3) is 0.194. The van der Waals surface area contributed by atoms with Crippen molar-refractivity contribution in [1.29, 1.82) is 5.26 Å². The zero-order valence-corrected chi connectivity index (χ0v) is 23.2. The smallest absolute Gasteiger partial charge is 0.337 e. The number of esters is 1. The van der Waals surface area contributed by atoms with Crippen LogP contribution in [0.4, 0.5) is 5.69 Å². The number of thioether (sulfide) groups is 1. The number of benzene rings is 3. The Morgan fingerprint density at radius 1 is 1.03 bits per heavy atom. The van der Waals surface area contributed by atoms with E-state index >= 15 is 0 Å². The molecule has 3 aromatic carbocycles. The van der Waals surface area contributed by atoms with Gasteiger partial charge in [0.1, 0.15) is 0 Å². The molecule has 1 heterocycles. The van der Waals surface area contributed by atoms with Gasteiger partial charge in [0.05, 0.1) is 46.2 Å². The van der Waals surface area contributed by atoms with Crippen LogP contribution in [0.3, 0.4) is 0 Å². The van der Waals surface area contributed by atoms with Gasteiger partial charge in [-0.15, -0.1) is 0 Å². The number of rotatable bonds is 9. The number of dihydropyridines is 1. The maximum Gasteiger partial charge on any atom is 0.337 e. The second kappa shape index (κ2) is 13.2. The molecule has 1 aliphatic rings. The molecular formula is C31H28ClN3O3S. The van der Waals surface area contributed by atoms with Crippen LogP contribution in [-0.2, 0) is 20.7 Å². The standard InChI is InChI=1S/C31H28ClN3O3S/c1-3-20-12-8-11-17-25(20)34-26(36)19-39-30-23(18-33)27(22-15-9-10-16-24(22)32)28(31(37)38-4-2)29(35-30)21-13-6-5-7-14-21/h5-17,27,35H,3-4,19H2,1-2H3,(H,34,36). The molecule has 0 fully saturated rings. The van der Waals surface area contributed by atoms with E-state index in [1.54, 1.807) is 25.1 Å². The largest absolute Gasteiger partial charge is 0.463 e. The quantitative estimate of drug-likeness (QED) is 0.285. The fourth-order valence-corrected chi connectivity index (χ4v) is 5.54. The van der Waals surface area contributed by atoms with E-state index in [9.17, 15) is 14.9 Å². The highest BCUT2D eigenvalue weighted by Gasteiger charge is 2.38. The summed E-state index contributed by atoms with van der Waals surface area (Å²) in [5, 5.41) is 17.5. The molecule has 1 amide bonds. The van der Waals surface area contributed by atoms with Crippen LogP contribution in [0.1, 0.15) is 36.5 Å². The molecule has 1 unspecified atom stereocenters. The molecule has 0 saturated heterocycles. The van der Waals surface area contributed by atoms with Gasteiger partial charge < -0.3 is 15.4 Å². The Morgan fingerprint density at radius 3 is 2.41 bits per heavy atom. The molecular weight excluding hydrogens is 530 g/mol. The first kappa shape index (κ1) is 28.0. The molecule has 0 saturated carbocycles. The van der Waals surface area contributed by atoms with Crippen molar-refractivity contribution in [2.75, 3.05) is 17.7 Å². The summed E-state index contributed by atoms with van der Waals surface area (Å²) in [4.78, 5) is 26.4. The Balaban J connectivity index is 1.77. The topological polar surface area (TPSA) is 91.2 Å². The van der Waals surface area contributed by atoms with Crippen LogP contribution < -0.4 is 10.6 Å². The van der Waals surface area contributed by atoms with Gasteiger partial charge in [-0.2, -0.15) is 5.26 Å². The molecule has 8 heteroatoms. The number of nitrogens with zero attached hydrogens (tertiary/aromatic N) is 1. The van der Waals surface area contributed by atoms with Crippen molar-refractivity contribution < 1.29 is 14.3 Å². The van der Waals surface area contributed by atoms with Crippen LogP contribution in [0.25, 0.3) is 5.70 Å². The lowest BCUT2D eigenvalue weighted by atomic mass is 9.81. The SMILES string of the molecule is CCOC(=O)C1=C(c2ccccc2)NC(SCC(=O)Nc2ccccc2CC)=C(C#N)C1c1ccccc1Cl. The summed E-state index contributed by atoms with van der Waals surface area (Å²) in [5.41, 5.74) is 4.24. The molecule has 2 N–H and O–H groups in total. The summed E-state index contributed by atoms with van der Waals surface area (Å²) in [6, 6.07) is 26.4. The minimum atomic E-state index is -0.786. The monoisotopic (exact) mass is 557 g/mol. The molecule has 0 aromatic heterocycles. The molecule has 0 spiro atoms. The molecule has 0 aliphatic carbocycles. The van der Waals surface area contributed by atoms with Gasteiger partial charge in [-0.25, -0.2) is 4.79 Å². The molecule has 39 heavy (non-hydrogen) atoms. The summed E-state index contributed by atoms with van der Waals surface area (Å²) < 4.78 is 5.46. The number of amides is 1. The first-order valence-electron chi connectivity index (χ1n) is 12.6. The van der Waals surface area contributed by atoms with Gasteiger partial charge in [-0.1, -0.05) is 97.0 Å². The van der Waals surface area contributed by atoms with E-state index in [2.05, 4.69) is 16.7 Å². The lowest BCUT2D eigenvalue weighted by Gasteiger charge is -2.31. The number of allylic oxidation sites excluding steroid dienone is 1. The van der Waals surface area contributed by atoms with E-state index in [1.165, 1.54) is 11.8 Å². The van der Waals surface area contributed by atoms with Crippen LogP contribution in [0.2, 0.25) is 5.02 Å². The van der Waals surface area contributed by atoms with E-state index in [1.807, 2.05) is 67.6 Å². The van der Waals surface area contributed by atoms with E-state index < -0.39 is 11.9 Å². The molecule has 1 atom stereocenters. The van der Waals surface area contributed by atoms with E-state index in [-0.39, 0.29) is 23.8 Å². The van der Waals surface area contributed by atoms with Crippen LogP contribution in [-0.4, -0.2) is 24.2 Å². The number of ether oxygens (including phenoxy) is 1. The minimum Gasteiger partial charge on any atom is -0.463 e. The van der Waals surface area contributed by atoms with Crippen molar-refractivity contribution in [3.63, 3.8) is 0 Å². The van der Waals surface area contributed by atoms with Gasteiger partial charge in [0.25, 0.3) is 0 Å². The first-order valence-corrected chi connectivity index (χ1v) is 14.0. The molecule has 0 bridgehead atoms. The van der Waals surface area contributed by atoms with Gasteiger partial charge in [-0.05, 0) is 42.2 Å². The van der Waals surface area contributed by atoms with Crippen molar-refractivity contribution in [2.45, 2.75) is 26.2 Å². The molecule has 6 nitrogen and oxygen atoms in total. The lowest BCUT2D eigenvalue weighted by molar-refractivity contribution is -0.138. The number of nitriles is 1. The predicted molar refractivity (Wildman–Crippen MR) is 157 cm³/mol. The molecule has 3 aromatic rings. The van der Waals surface area contributed by atoms with Gasteiger partial charge in [0.15, 0.2) is 0 Å². The summed E-state index contributed by atoms with van der Waals surface area (Å²) in [6.07, 6.45) is 0.788. The number of hydrogen-bond acceptors (Lipinski definition) is 6. The van der Waals surface area contributed by atoms with Gasteiger partial charge in [0, 0.05) is 10.7 Å². The average molecular weight is 558 g/mol. The molecule has 4 rings (SSSR count). The highest BCUT2D eigenvalue weighted by molar-refractivity contribution is 8.03. The predicted octanol–water partition coefficient (Wildman–Crippen LogP) is 6.67. The number of nitrogens with one attached hydrogen (secondary N) is 2. The van der Waals surface area contributed by atoms with Crippen molar-refractivity contribution in [3.05, 3.63) is 117 Å². The summed E-state index contributed by atoms with van der Waals surface area (Å²) in [7, 11) is 0. The van der Waals surface area contributed by atoms with Crippen molar-refractivity contribution in [1.82, 2.24) is 5.32 Å². The Kier molecular flexibility index (Phi) is 9.48. The lowest BCUT2D eigenvalue weighted by Crippen LogP contribution is -2.30. The van der Waals surface area contributed by atoms with Gasteiger partial charge >= 0.3 is 5.97 Å².